The Balaban J connectivity index is 1.70. The number of rotatable bonds is 2. The van der Waals surface area contributed by atoms with Gasteiger partial charge in [0.15, 0.2) is 0 Å². The molecule has 24 heavy (non-hydrogen) atoms. The van der Waals surface area contributed by atoms with E-state index in [2.05, 4.69) is 4.98 Å². The molecule has 2 aliphatic rings. The van der Waals surface area contributed by atoms with Crippen LogP contribution in [0, 0.1) is 5.92 Å². The molecule has 1 N–H and O–H groups in total. The first-order valence-electron chi connectivity index (χ1n) is 8.55. The van der Waals surface area contributed by atoms with Crippen LogP contribution in [-0.2, 0) is 4.79 Å². The quantitative estimate of drug-likeness (QED) is 0.921. The fourth-order valence-electron chi connectivity index (χ4n) is 4.33. The first-order valence-corrected chi connectivity index (χ1v) is 8.55. The Morgan fingerprint density at radius 1 is 1.17 bits per heavy atom. The Kier molecular flexibility index (Phi) is 3.71. The van der Waals surface area contributed by atoms with Gasteiger partial charge in [0, 0.05) is 23.2 Å². The number of pyridine rings is 1. The van der Waals surface area contributed by atoms with E-state index in [1.807, 2.05) is 24.3 Å². The lowest BCUT2D eigenvalue weighted by molar-refractivity contribution is -0.141. The van der Waals surface area contributed by atoms with E-state index in [0.29, 0.717) is 17.9 Å². The summed E-state index contributed by atoms with van der Waals surface area (Å²) in [5, 5.41) is 10.5. The standard InChI is InChI=1S/C19H20N2O3/c22-18(14-7-8-15-12(10-14)5-3-9-20-15)21-16-6-2-1-4-13(16)11-17(21)19(23)24/h3,5,7-10,13,16-17H,1-2,4,6,11H2,(H,23,24)/t13-,16+,17-/m0/s1. The second-order valence-corrected chi connectivity index (χ2v) is 6.82. The van der Waals surface area contributed by atoms with Crippen LogP contribution >= 0.6 is 0 Å². The van der Waals surface area contributed by atoms with Crippen molar-refractivity contribution in [3.63, 3.8) is 0 Å². The summed E-state index contributed by atoms with van der Waals surface area (Å²) in [4.78, 5) is 30.7. The highest BCUT2D eigenvalue weighted by Gasteiger charge is 2.47. The Bertz CT molecular complexity index is 804. The first kappa shape index (κ1) is 15.1. The molecule has 1 aliphatic heterocycles. The van der Waals surface area contributed by atoms with Gasteiger partial charge in [0.2, 0.25) is 0 Å². The van der Waals surface area contributed by atoms with Gasteiger partial charge in [0.05, 0.1) is 5.52 Å². The Hall–Kier alpha value is -2.43. The highest BCUT2D eigenvalue weighted by atomic mass is 16.4. The summed E-state index contributed by atoms with van der Waals surface area (Å²) in [7, 11) is 0. The van der Waals surface area contributed by atoms with Crippen molar-refractivity contribution < 1.29 is 14.7 Å². The molecule has 2 fully saturated rings. The average molecular weight is 324 g/mol. The number of aliphatic carboxylic acids is 1. The molecule has 1 saturated heterocycles. The summed E-state index contributed by atoms with van der Waals surface area (Å²) < 4.78 is 0. The highest BCUT2D eigenvalue weighted by Crippen LogP contribution is 2.40. The van der Waals surface area contributed by atoms with Crippen LogP contribution in [0.15, 0.2) is 36.5 Å². The number of aromatic nitrogens is 1. The molecule has 1 saturated carbocycles. The van der Waals surface area contributed by atoms with E-state index in [4.69, 9.17) is 0 Å². The lowest BCUT2D eigenvalue weighted by Crippen LogP contribution is -2.46. The number of carboxylic acids is 1. The van der Waals surface area contributed by atoms with Gasteiger partial charge in [-0.25, -0.2) is 4.79 Å². The van der Waals surface area contributed by atoms with Crippen molar-refractivity contribution >= 4 is 22.8 Å². The minimum absolute atomic E-state index is 0.0666. The summed E-state index contributed by atoms with van der Waals surface area (Å²) in [5.41, 5.74) is 1.38. The minimum Gasteiger partial charge on any atom is -0.480 e. The number of carbonyl (C=O) groups is 2. The van der Waals surface area contributed by atoms with E-state index in [1.54, 1.807) is 17.2 Å². The molecule has 1 aromatic heterocycles. The van der Waals surface area contributed by atoms with Gasteiger partial charge in [-0.05, 0) is 49.4 Å². The normalized spacial score (nSPS) is 26.3. The molecule has 5 nitrogen and oxygen atoms in total. The molecule has 2 heterocycles. The van der Waals surface area contributed by atoms with Crippen molar-refractivity contribution in [1.29, 1.82) is 0 Å². The zero-order chi connectivity index (χ0) is 16.7. The van der Waals surface area contributed by atoms with Gasteiger partial charge >= 0.3 is 5.97 Å². The fraction of sp³-hybridized carbons (Fsp3) is 0.421. The van der Waals surface area contributed by atoms with Crippen molar-refractivity contribution in [3.05, 3.63) is 42.1 Å². The number of carboxylic acid groups (broad SMARTS) is 1. The van der Waals surface area contributed by atoms with Crippen molar-refractivity contribution in [1.82, 2.24) is 9.88 Å². The minimum atomic E-state index is -0.889. The molecule has 124 valence electrons. The number of amides is 1. The molecule has 5 heteroatoms. The number of hydrogen-bond acceptors (Lipinski definition) is 3. The SMILES string of the molecule is O=C(O)[C@@H]1C[C@@H]2CCCC[C@H]2N1C(=O)c1ccc2ncccc2c1. The molecular formula is C19H20N2O3. The summed E-state index contributed by atoms with van der Waals surface area (Å²) >= 11 is 0. The Morgan fingerprint density at radius 2 is 2.00 bits per heavy atom. The molecule has 0 unspecified atom stereocenters. The molecule has 1 aliphatic carbocycles. The third-order valence-electron chi connectivity index (χ3n) is 5.46. The van der Waals surface area contributed by atoms with Gasteiger partial charge in [-0.2, -0.15) is 0 Å². The number of hydrogen-bond donors (Lipinski definition) is 1. The van der Waals surface area contributed by atoms with Crippen LogP contribution in [0.1, 0.15) is 42.5 Å². The largest absolute Gasteiger partial charge is 0.480 e. The Morgan fingerprint density at radius 3 is 2.83 bits per heavy atom. The number of fused-ring (bicyclic) bond motifs is 2. The topological polar surface area (TPSA) is 70.5 Å². The monoisotopic (exact) mass is 324 g/mol. The molecule has 4 rings (SSSR count). The molecule has 0 radical (unpaired) electrons. The van der Waals surface area contributed by atoms with Crippen LogP contribution < -0.4 is 0 Å². The van der Waals surface area contributed by atoms with Crippen LogP contribution in [0.3, 0.4) is 0 Å². The molecule has 1 amide bonds. The maximum absolute atomic E-state index is 13.1. The van der Waals surface area contributed by atoms with Gasteiger partial charge in [-0.1, -0.05) is 18.9 Å². The zero-order valence-corrected chi connectivity index (χ0v) is 13.4. The molecule has 1 aromatic carbocycles. The number of carbonyl (C=O) groups excluding carboxylic acids is 1. The van der Waals surface area contributed by atoms with Crippen molar-refractivity contribution in [3.8, 4) is 0 Å². The van der Waals surface area contributed by atoms with E-state index < -0.39 is 12.0 Å². The van der Waals surface area contributed by atoms with Crippen LogP contribution in [0.4, 0.5) is 0 Å². The van der Waals surface area contributed by atoms with Crippen molar-refractivity contribution in [2.24, 2.45) is 5.92 Å². The molecule has 0 spiro atoms. The second kappa shape index (κ2) is 5.89. The lowest BCUT2D eigenvalue weighted by atomic mass is 9.84. The molecular weight excluding hydrogens is 304 g/mol. The summed E-state index contributed by atoms with van der Waals surface area (Å²) in [5.74, 6) is -0.728. The van der Waals surface area contributed by atoms with E-state index >= 15 is 0 Å². The van der Waals surface area contributed by atoms with E-state index in [1.165, 1.54) is 0 Å². The predicted octanol–water partition coefficient (Wildman–Crippen LogP) is 3.09. The van der Waals surface area contributed by atoms with Gasteiger partial charge in [0.1, 0.15) is 6.04 Å². The number of likely N-dealkylation sites (tertiary alicyclic amines) is 1. The maximum Gasteiger partial charge on any atom is 0.326 e. The Labute approximate surface area is 140 Å². The first-order chi connectivity index (χ1) is 11.6. The van der Waals surface area contributed by atoms with Gasteiger partial charge in [-0.15, -0.1) is 0 Å². The van der Waals surface area contributed by atoms with Crippen LogP contribution in [0.25, 0.3) is 10.9 Å². The average Bonchev–Trinajstić information content (AvgIpc) is 3.00. The van der Waals surface area contributed by atoms with Crippen molar-refractivity contribution in [2.75, 3.05) is 0 Å². The van der Waals surface area contributed by atoms with Crippen molar-refractivity contribution in [2.45, 2.75) is 44.2 Å². The summed E-state index contributed by atoms with van der Waals surface area (Å²) in [6.07, 6.45) is 6.45. The summed E-state index contributed by atoms with van der Waals surface area (Å²) in [6, 6.07) is 8.52. The smallest absolute Gasteiger partial charge is 0.326 e. The second-order valence-electron chi connectivity index (χ2n) is 6.82. The van der Waals surface area contributed by atoms with Gasteiger partial charge < -0.3 is 10.0 Å². The third kappa shape index (κ3) is 2.44. The molecule has 3 atom stereocenters. The van der Waals surface area contributed by atoms with E-state index in [0.717, 1.165) is 36.6 Å². The summed E-state index contributed by atoms with van der Waals surface area (Å²) in [6.45, 7) is 0. The van der Waals surface area contributed by atoms with Gasteiger partial charge in [-0.3, -0.25) is 9.78 Å². The lowest BCUT2D eigenvalue weighted by Gasteiger charge is -2.33. The van der Waals surface area contributed by atoms with Crippen LogP contribution in [0.5, 0.6) is 0 Å². The maximum atomic E-state index is 13.1. The van der Waals surface area contributed by atoms with Crippen LogP contribution in [-0.4, -0.2) is 39.0 Å². The van der Waals surface area contributed by atoms with E-state index in [-0.39, 0.29) is 11.9 Å². The van der Waals surface area contributed by atoms with Crippen LogP contribution in [0.2, 0.25) is 0 Å². The van der Waals surface area contributed by atoms with Gasteiger partial charge in [0.25, 0.3) is 5.91 Å². The predicted molar refractivity (Wildman–Crippen MR) is 89.7 cm³/mol. The molecule has 2 aromatic rings. The zero-order valence-electron chi connectivity index (χ0n) is 13.4. The number of benzene rings is 1. The fourth-order valence-corrected chi connectivity index (χ4v) is 4.33. The third-order valence-corrected chi connectivity index (χ3v) is 5.46. The number of nitrogens with zero attached hydrogens (tertiary/aromatic N) is 2. The highest BCUT2D eigenvalue weighted by molar-refractivity contribution is 6.00. The van der Waals surface area contributed by atoms with E-state index in [9.17, 15) is 14.7 Å². The molecule has 0 bridgehead atoms.